The van der Waals surface area contributed by atoms with Gasteiger partial charge in [-0.3, -0.25) is 33.6 Å². The number of rotatable bonds is 14. The highest BCUT2D eigenvalue weighted by Crippen LogP contribution is 2.50. The lowest BCUT2D eigenvalue weighted by molar-refractivity contribution is -0.144. The second-order valence-corrected chi connectivity index (χ2v) is 17.0. The molecule has 1 aliphatic carbocycles. The standard InChI is InChI=1S/C36H52N6O7S2/c1-5-13-26(31(45)33(47)37-21-28(44)40-29(34(48)41(3)4)24-14-8-6-9-15-24)39-32(46)27-20-36(50-18-12-19-51-36)22-42(27)35(49)30(38-23(2)43)25-16-10-7-11-17-25/h6,8-9,14-15,25-27,29-30H,5,7,10-13,16-22H2,1-4H3,(H,37,47)(H,38,43)(H,39,46)(H,40,44)/t26?,27-,29?,30-/m0/s1. The van der Waals surface area contributed by atoms with Crippen molar-refractivity contribution in [3.05, 3.63) is 35.9 Å². The number of carbonyl (C=O) groups excluding carboxylic acids is 7. The van der Waals surface area contributed by atoms with E-state index in [0.717, 1.165) is 50.0 Å². The smallest absolute Gasteiger partial charge is 0.290 e. The predicted octanol–water partition coefficient (Wildman–Crippen LogP) is 2.15. The first-order valence-electron chi connectivity index (χ1n) is 17.9. The summed E-state index contributed by atoms with van der Waals surface area (Å²) in [6.07, 6.45) is 6.71. The van der Waals surface area contributed by atoms with Crippen molar-refractivity contribution in [2.45, 2.75) is 99.9 Å². The monoisotopic (exact) mass is 744 g/mol. The summed E-state index contributed by atoms with van der Waals surface area (Å²) in [5.74, 6) is -2.32. The molecule has 0 radical (unpaired) electrons. The van der Waals surface area contributed by atoms with Crippen molar-refractivity contribution in [3.63, 3.8) is 0 Å². The number of ketones is 1. The third kappa shape index (κ3) is 10.7. The Balaban J connectivity index is 1.45. The van der Waals surface area contributed by atoms with Crippen molar-refractivity contribution in [1.82, 2.24) is 31.1 Å². The summed E-state index contributed by atoms with van der Waals surface area (Å²) in [6, 6.07) is 4.88. The summed E-state index contributed by atoms with van der Waals surface area (Å²) in [6.45, 7) is 2.99. The Labute approximate surface area is 308 Å². The third-order valence-corrected chi connectivity index (χ3v) is 12.9. The van der Waals surface area contributed by atoms with Crippen molar-refractivity contribution in [2.24, 2.45) is 5.92 Å². The molecule has 3 aliphatic rings. The largest absolute Gasteiger partial charge is 0.347 e. The second kappa shape index (κ2) is 18.8. The molecule has 1 spiro atoms. The summed E-state index contributed by atoms with van der Waals surface area (Å²) in [7, 11) is 3.14. The molecule has 0 bridgehead atoms. The molecular weight excluding hydrogens is 693 g/mol. The van der Waals surface area contributed by atoms with Gasteiger partial charge in [0.1, 0.15) is 18.1 Å². The van der Waals surface area contributed by atoms with E-state index in [1.807, 2.05) is 6.92 Å². The number of thioether (sulfide) groups is 2. The topological polar surface area (TPSA) is 174 Å². The molecule has 1 saturated carbocycles. The molecule has 0 aromatic heterocycles. The summed E-state index contributed by atoms with van der Waals surface area (Å²) in [5, 5.41) is 10.6. The molecule has 15 heteroatoms. The first kappa shape index (κ1) is 40.2. The molecule has 6 amide bonds. The Morgan fingerprint density at radius 1 is 0.922 bits per heavy atom. The fourth-order valence-electron chi connectivity index (χ4n) is 7.01. The number of nitrogens with zero attached hydrogens (tertiary/aromatic N) is 2. The number of hydrogen-bond acceptors (Lipinski definition) is 9. The molecule has 280 valence electrons. The molecule has 2 heterocycles. The Bertz CT molecular complexity index is 1430. The number of likely N-dealkylation sites (N-methyl/N-ethyl adjacent to an activating group) is 1. The van der Waals surface area contributed by atoms with Crippen molar-refractivity contribution in [2.75, 3.05) is 38.7 Å². The van der Waals surface area contributed by atoms with E-state index in [4.69, 9.17) is 0 Å². The van der Waals surface area contributed by atoms with Gasteiger partial charge in [-0.25, -0.2) is 0 Å². The number of nitrogens with one attached hydrogen (secondary N) is 4. The molecule has 2 unspecified atom stereocenters. The number of hydrogen-bond donors (Lipinski definition) is 4. The van der Waals surface area contributed by atoms with E-state index in [2.05, 4.69) is 21.3 Å². The molecule has 4 rings (SSSR count). The van der Waals surface area contributed by atoms with E-state index in [0.29, 0.717) is 24.9 Å². The molecule has 1 aromatic carbocycles. The zero-order chi connectivity index (χ0) is 37.1. The highest BCUT2D eigenvalue weighted by molar-refractivity contribution is 8.18. The van der Waals surface area contributed by atoms with Crippen LogP contribution in [0.25, 0.3) is 0 Å². The number of amides is 6. The van der Waals surface area contributed by atoms with E-state index >= 15 is 0 Å². The Kier molecular flexibility index (Phi) is 14.8. The van der Waals surface area contributed by atoms with Gasteiger partial charge in [-0.1, -0.05) is 62.9 Å². The Morgan fingerprint density at radius 3 is 2.20 bits per heavy atom. The van der Waals surface area contributed by atoms with Gasteiger partial charge in [-0.15, -0.1) is 23.5 Å². The molecular formula is C36H52N6O7S2. The van der Waals surface area contributed by atoms with Crippen LogP contribution in [-0.4, -0.2) is 112 Å². The lowest BCUT2D eigenvalue weighted by atomic mass is 9.83. The summed E-state index contributed by atoms with van der Waals surface area (Å²) in [4.78, 5) is 95.7. The lowest BCUT2D eigenvalue weighted by Gasteiger charge is -2.35. The molecule has 4 N–H and O–H groups in total. The molecule has 4 atom stereocenters. The van der Waals surface area contributed by atoms with E-state index in [-0.39, 0.29) is 34.1 Å². The average Bonchev–Trinajstić information content (AvgIpc) is 3.50. The van der Waals surface area contributed by atoms with Crippen LogP contribution < -0.4 is 21.3 Å². The quantitative estimate of drug-likeness (QED) is 0.208. The lowest BCUT2D eigenvalue weighted by Crippen LogP contribution is -2.58. The van der Waals surface area contributed by atoms with Gasteiger partial charge in [0, 0.05) is 34.0 Å². The van der Waals surface area contributed by atoms with Gasteiger partial charge in [0.25, 0.3) is 5.91 Å². The molecule has 2 aliphatic heterocycles. The highest BCUT2D eigenvalue weighted by Gasteiger charge is 2.52. The molecule has 13 nitrogen and oxygen atoms in total. The SMILES string of the molecule is CCCC(NC(=O)[C@@H]1CC2(CN1C(=O)[C@@H](NC(C)=O)C1CCCCC1)SCCCS2)C(=O)C(=O)NCC(=O)NC(C(=O)N(C)C)c1ccccc1. The van der Waals surface area contributed by atoms with E-state index in [1.54, 1.807) is 72.9 Å². The van der Waals surface area contributed by atoms with Crippen LogP contribution in [0, 0.1) is 5.92 Å². The van der Waals surface area contributed by atoms with Crippen molar-refractivity contribution < 1.29 is 33.6 Å². The Morgan fingerprint density at radius 2 is 1.59 bits per heavy atom. The van der Waals surface area contributed by atoms with Gasteiger partial charge in [-0.05, 0) is 48.7 Å². The number of benzene rings is 1. The van der Waals surface area contributed by atoms with Gasteiger partial charge < -0.3 is 31.1 Å². The second-order valence-electron chi connectivity index (χ2n) is 13.8. The fourth-order valence-corrected chi connectivity index (χ4v) is 10.4. The number of carbonyl (C=O) groups is 7. The minimum Gasteiger partial charge on any atom is -0.347 e. The maximum Gasteiger partial charge on any atom is 0.290 e. The zero-order valence-electron chi connectivity index (χ0n) is 30.0. The maximum absolute atomic E-state index is 14.3. The van der Waals surface area contributed by atoms with Gasteiger partial charge in [0.15, 0.2) is 0 Å². The predicted molar refractivity (Wildman–Crippen MR) is 197 cm³/mol. The van der Waals surface area contributed by atoms with Crippen LogP contribution in [0.2, 0.25) is 0 Å². The van der Waals surface area contributed by atoms with Crippen LogP contribution in [0.5, 0.6) is 0 Å². The number of Topliss-reactive ketones (excluding diaryl/α,β-unsaturated/α-hetero) is 1. The van der Waals surface area contributed by atoms with Gasteiger partial charge in [-0.2, -0.15) is 0 Å². The van der Waals surface area contributed by atoms with Gasteiger partial charge in [0.05, 0.1) is 16.7 Å². The average molecular weight is 745 g/mol. The minimum atomic E-state index is -1.18. The third-order valence-electron chi connectivity index (χ3n) is 9.61. The zero-order valence-corrected chi connectivity index (χ0v) is 31.7. The van der Waals surface area contributed by atoms with Crippen LogP contribution in [0.3, 0.4) is 0 Å². The molecule has 1 aromatic rings. The normalized spacial score (nSPS) is 20.4. The van der Waals surface area contributed by atoms with Crippen LogP contribution in [0.15, 0.2) is 30.3 Å². The first-order chi connectivity index (χ1) is 24.4. The molecule has 51 heavy (non-hydrogen) atoms. The summed E-state index contributed by atoms with van der Waals surface area (Å²) in [5.41, 5.74) is 0.561. The van der Waals surface area contributed by atoms with Gasteiger partial charge in [0.2, 0.25) is 35.3 Å². The van der Waals surface area contributed by atoms with E-state index in [1.165, 1.54) is 11.8 Å². The van der Waals surface area contributed by atoms with Crippen LogP contribution in [0.4, 0.5) is 0 Å². The van der Waals surface area contributed by atoms with Crippen LogP contribution >= 0.6 is 23.5 Å². The van der Waals surface area contributed by atoms with Crippen LogP contribution in [-0.2, 0) is 33.6 Å². The van der Waals surface area contributed by atoms with Crippen molar-refractivity contribution in [1.29, 1.82) is 0 Å². The highest BCUT2D eigenvalue weighted by atomic mass is 32.2. The van der Waals surface area contributed by atoms with Crippen LogP contribution in [0.1, 0.15) is 83.2 Å². The number of likely N-dealkylation sites (tertiary alicyclic amines) is 1. The molecule has 2 saturated heterocycles. The maximum atomic E-state index is 14.3. The minimum absolute atomic E-state index is 0.0265. The summed E-state index contributed by atoms with van der Waals surface area (Å²) >= 11 is 3.48. The van der Waals surface area contributed by atoms with Crippen molar-refractivity contribution in [3.8, 4) is 0 Å². The Hall–Kier alpha value is -3.59. The van der Waals surface area contributed by atoms with E-state index < -0.39 is 54.2 Å². The van der Waals surface area contributed by atoms with Gasteiger partial charge >= 0.3 is 0 Å². The van der Waals surface area contributed by atoms with Crippen molar-refractivity contribution >= 4 is 64.8 Å². The fraction of sp³-hybridized carbons (Fsp3) is 0.639. The summed E-state index contributed by atoms with van der Waals surface area (Å²) < 4.78 is -0.385. The molecule has 3 fully saturated rings. The van der Waals surface area contributed by atoms with E-state index in [9.17, 15) is 33.6 Å². The first-order valence-corrected chi connectivity index (χ1v) is 19.9.